The number of anilines is 1. The molecule has 0 spiro atoms. The molecule has 1 saturated carbocycles. The number of benzene rings is 1. The Balaban J connectivity index is 1.30. The Hall–Kier alpha value is -2.12. The Morgan fingerprint density at radius 3 is 2.46 bits per heavy atom. The van der Waals surface area contributed by atoms with Crippen molar-refractivity contribution in [3.8, 4) is 0 Å². The van der Waals surface area contributed by atoms with Crippen molar-refractivity contribution in [2.45, 2.75) is 25.3 Å². The van der Waals surface area contributed by atoms with E-state index in [0.29, 0.717) is 25.0 Å². The number of para-hydroxylation sites is 1. The molecule has 154 valence electrons. The predicted octanol–water partition coefficient (Wildman–Crippen LogP) is 0.511. The molecule has 3 rings (SSSR count). The fourth-order valence-corrected chi connectivity index (χ4v) is 3.92. The molecular weight excluding hydrogens is 354 g/mol. The van der Waals surface area contributed by atoms with Crippen molar-refractivity contribution >= 4 is 17.5 Å². The van der Waals surface area contributed by atoms with Crippen molar-refractivity contribution in [2.75, 3.05) is 57.8 Å². The second kappa shape index (κ2) is 9.89. The van der Waals surface area contributed by atoms with E-state index in [4.69, 9.17) is 5.73 Å². The number of likely N-dealkylation sites (N-methyl/N-ethyl adjacent to an activating group) is 1. The van der Waals surface area contributed by atoms with Crippen LogP contribution in [0.25, 0.3) is 0 Å². The van der Waals surface area contributed by atoms with Gasteiger partial charge < -0.3 is 20.9 Å². The summed E-state index contributed by atoms with van der Waals surface area (Å²) in [5, 5.41) is 2.75. The Labute approximate surface area is 167 Å². The summed E-state index contributed by atoms with van der Waals surface area (Å²) in [6.07, 6.45) is 2.96. The second-order valence-electron chi connectivity index (χ2n) is 8.03. The largest absolute Gasteiger partial charge is 0.369 e. The lowest BCUT2D eigenvalue weighted by atomic mass is 9.79. The molecule has 2 amide bonds. The third-order valence-electron chi connectivity index (χ3n) is 5.90. The molecule has 1 aromatic carbocycles. The summed E-state index contributed by atoms with van der Waals surface area (Å²) < 4.78 is 0. The molecule has 7 nitrogen and oxygen atoms in total. The van der Waals surface area contributed by atoms with Gasteiger partial charge in [0.25, 0.3) is 0 Å². The van der Waals surface area contributed by atoms with Crippen LogP contribution >= 0.6 is 0 Å². The van der Waals surface area contributed by atoms with Gasteiger partial charge in [0.1, 0.15) is 0 Å². The quantitative estimate of drug-likeness (QED) is 0.667. The molecule has 1 aromatic rings. The van der Waals surface area contributed by atoms with E-state index >= 15 is 0 Å². The molecule has 0 unspecified atom stereocenters. The highest BCUT2D eigenvalue weighted by atomic mass is 16.2. The first-order valence-electron chi connectivity index (χ1n) is 10.3. The average Bonchev–Trinajstić information content (AvgIpc) is 2.71. The van der Waals surface area contributed by atoms with E-state index in [-0.39, 0.29) is 0 Å². The summed E-state index contributed by atoms with van der Waals surface area (Å²) in [6.45, 7) is 5.80. The number of nitrogens with one attached hydrogen (secondary N) is 1. The maximum absolute atomic E-state index is 12.2. The molecule has 1 heterocycles. The Kier molecular flexibility index (Phi) is 7.28. The van der Waals surface area contributed by atoms with E-state index in [1.807, 2.05) is 6.07 Å². The lowest BCUT2D eigenvalue weighted by Gasteiger charge is -2.36. The van der Waals surface area contributed by atoms with Crippen LogP contribution in [0.1, 0.15) is 19.3 Å². The van der Waals surface area contributed by atoms with Gasteiger partial charge in [-0.2, -0.15) is 0 Å². The van der Waals surface area contributed by atoms with Crippen LogP contribution in [0, 0.1) is 5.92 Å². The maximum atomic E-state index is 12.2. The summed E-state index contributed by atoms with van der Waals surface area (Å²) in [5.74, 6) is -0.356. The van der Waals surface area contributed by atoms with Crippen molar-refractivity contribution in [3.63, 3.8) is 0 Å². The Bertz CT molecular complexity index is 639. The number of piperazine rings is 1. The zero-order valence-electron chi connectivity index (χ0n) is 16.8. The number of hydrogen-bond acceptors (Lipinski definition) is 5. The number of carbonyl (C=O) groups is 2. The van der Waals surface area contributed by atoms with Crippen LogP contribution in [0.4, 0.5) is 5.69 Å². The lowest BCUT2D eigenvalue weighted by Crippen LogP contribution is -2.50. The number of rotatable bonds is 7. The molecule has 7 heteroatoms. The highest BCUT2D eigenvalue weighted by molar-refractivity contribution is 6.34. The van der Waals surface area contributed by atoms with E-state index in [1.165, 1.54) is 10.6 Å². The number of carbonyl (C=O) groups excluding carboxylic acids is 2. The smallest absolute Gasteiger partial charge is 0.311 e. The molecule has 1 aliphatic carbocycles. The molecule has 0 radical (unpaired) electrons. The highest BCUT2D eigenvalue weighted by Gasteiger charge is 2.26. The van der Waals surface area contributed by atoms with Crippen LogP contribution in [0.15, 0.2) is 30.3 Å². The van der Waals surface area contributed by atoms with Crippen molar-refractivity contribution in [3.05, 3.63) is 30.3 Å². The first-order chi connectivity index (χ1) is 13.5. The van der Waals surface area contributed by atoms with E-state index in [0.717, 1.165) is 52.0 Å². The normalized spacial score (nSPS) is 22.4. The van der Waals surface area contributed by atoms with Gasteiger partial charge in [-0.3, -0.25) is 14.5 Å². The SMILES string of the molecule is CN(CCN1CCN(c2ccccc2)CC1)C(=O)C(=O)NCCC1CC(N)C1. The van der Waals surface area contributed by atoms with Gasteiger partial charge in [-0.05, 0) is 37.3 Å². The van der Waals surface area contributed by atoms with Crippen LogP contribution in [-0.4, -0.2) is 80.5 Å². The van der Waals surface area contributed by atoms with Gasteiger partial charge in [0.2, 0.25) is 0 Å². The third-order valence-corrected chi connectivity index (χ3v) is 5.90. The van der Waals surface area contributed by atoms with E-state index in [1.54, 1.807) is 7.05 Å². The fourth-order valence-electron chi connectivity index (χ4n) is 3.92. The summed E-state index contributed by atoms with van der Waals surface area (Å²) >= 11 is 0. The van der Waals surface area contributed by atoms with Gasteiger partial charge in [0, 0.05) is 64.6 Å². The van der Waals surface area contributed by atoms with Crippen LogP contribution in [0.2, 0.25) is 0 Å². The standard InChI is InChI=1S/C21H33N5O2/c1-24(21(28)20(27)23-8-7-17-15-18(22)16-17)9-10-25-11-13-26(14-12-25)19-5-3-2-4-6-19/h2-6,17-18H,7-16,22H2,1H3,(H,23,27). The molecule has 0 bridgehead atoms. The number of amides is 2. The van der Waals surface area contributed by atoms with Crippen LogP contribution in [-0.2, 0) is 9.59 Å². The summed E-state index contributed by atoms with van der Waals surface area (Å²) in [4.78, 5) is 30.5. The van der Waals surface area contributed by atoms with E-state index < -0.39 is 11.8 Å². The molecule has 1 saturated heterocycles. The van der Waals surface area contributed by atoms with E-state index in [9.17, 15) is 9.59 Å². The number of nitrogens with two attached hydrogens (primary N) is 1. The van der Waals surface area contributed by atoms with Gasteiger partial charge in [0.05, 0.1) is 0 Å². The number of nitrogens with zero attached hydrogens (tertiary/aromatic N) is 3. The second-order valence-corrected chi connectivity index (χ2v) is 8.03. The third kappa shape index (κ3) is 5.69. The topological polar surface area (TPSA) is 81.9 Å². The summed E-state index contributed by atoms with van der Waals surface area (Å²) in [7, 11) is 1.70. The maximum Gasteiger partial charge on any atom is 0.311 e. The summed E-state index contributed by atoms with van der Waals surface area (Å²) in [5.41, 5.74) is 7.02. The first kappa shape index (κ1) is 20.6. The van der Waals surface area contributed by atoms with Gasteiger partial charge >= 0.3 is 11.8 Å². The molecule has 2 fully saturated rings. The summed E-state index contributed by atoms with van der Waals surface area (Å²) in [6, 6.07) is 10.8. The van der Waals surface area contributed by atoms with Gasteiger partial charge in [0.15, 0.2) is 0 Å². The molecule has 3 N–H and O–H groups in total. The molecule has 0 aromatic heterocycles. The van der Waals surface area contributed by atoms with Crippen LogP contribution < -0.4 is 16.0 Å². The van der Waals surface area contributed by atoms with Crippen LogP contribution in [0.3, 0.4) is 0 Å². The molecular formula is C21H33N5O2. The highest BCUT2D eigenvalue weighted by Crippen LogP contribution is 2.27. The van der Waals surface area contributed by atoms with Crippen molar-refractivity contribution < 1.29 is 9.59 Å². The average molecular weight is 388 g/mol. The predicted molar refractivity (Wildman–Crippen MR) is 111 cm³/mol. The van der Waals surface area contributed by atoms with Gasteiger partial charge in [-0.15, -0.1) is 0 Å². The minimum atomic E-state index is -0.500. The van der Waals surface area contributed by atoms with Gasteiger partial charge in [-0.1, -0.05) is 18.2 Å². The minimum absolute atomic E-state index is 0.322. The van der Waals surface area contributed by atoms with Crippen molar-refractivity contribution in [1.82, 2.24) is 15.1 Å². The molecule has 28 heavy (non-hydrogen) atoms. The monoisotopic (exact) mass is 387 g/mol. The van der Waals surface area contributed by atoms with Crippen molar-refractivity contribution in [2.24, 2.45) is 11.7 Å². The fraction of sp³-hybridized carbons (Fsp3) is 0.619. The lowest BCUT2D eigenvalue weighted by molar-refractivity contribution is -0.145. The van der Waals surface area contributed by atoms with Crippen LogP contribution in [0.5, 0.6) is 0 Å². The molecule has 2 aliphatic rings. The zero-order valence-corrected chi connectivity index (χ0v) is 16.8. The number of hydrogen-bond donors (Lipinski definition) is 2. The zero-order chi connectivity index (χ0) is 19.9. The molecule has 1 aliphatic heterocycles. The minimum Gasteiger partial charge on any atom is -0.369 e. The van der Waals surface area contributed by atoms with Gasteiger partial charge in [-0.25, -0.2) is 0 Å². The first-order valence-corrected chi connectivity index (χ1v) is 10.3. The Morgan fingerprint density at radius 1 is 1.14 bits per heavy atom. The van der Waals surface area contributed by atoms with Crippen molar-refractivity contribution in [1.29, 1.82) is 0 Å². The molecule has 0 atom stereocenters. The Morgan fingerprint density at radius 2 is 1.82 bits per heavy atom. The van der Waals surface area contributed by atoms with E-state index in [2.05, 4.69) is 39.4 Å².